The van der Waals surface area contributed by atoms with Gasteiger partial charge in [0.15, 0.2) is 0 Å². The molecule has 9 nitrogen and oxygen atoms in total. The molecule has 1 heterocycles. The molecule has 0 unspecified atom stereocenters. The average Bonchev–Trinajstić information content (AvgIpc) is 2.75. The molecule has 10 heteroatoms. The number of nitrogens with zero attached hydrogens (tertiary/aromatic N) is 3. The van der Waals surface area contributed by atoms with Crippen LogP contribution in [0.5, 0.6) is 11.5 Å². The normalized spacial score (nSPS) is 18.1. The summed E-state index contributed by atoms with van der Waals surface area (Å²) in [7, 11) is 6.95. The van der Waals surface area contributed by atoms with Crippen molar-refractivity contribution < 1.29 is 14.3 Å². The van der Waals surface area contributed by atoms with Crippen molar-refractivity contribution in [1.29, 1.82) is 0 Å². The molecular formula is C21H29ClN6O3. The van der Waals surface area contributed by atoms with E-state index in [2.05, 4.69) is 25.9 Å². The molecule has 1 aromatic carbocycles. The van der Waals surface area contributed by atoms with Crippen LogP contribution in [0.1, 0.15) is 25.7 Å². The maximum atomic E-state index is 12.5. The summed E-state index contributed by atoms with van der Waals surface area (Å²) >= 11 is 6.17. The van der Waals surface area contributed by atoms with Crippen LogP contribution >= 0.6 is 11.6 Å². The Labute approximate surface area is 187 Å². The number of hydrogen-bond acceptors (Lipinski definition) is 7. The van der Waals surface area contributed by atoms with E-state index in [1.54, 1.807) is 18.3 Å². The minimum atomic E-state index is -0.294. The van der Waals surface area contributed by atoms with Crippen molar-refractivity contribution in [3.05, 3.63) is 29.4 Å². The standard InChI is InChI=1S/C21H29ClN6O3/c1-28(2)19-9-10-23-20(27-19)24-13-5-7-14(8-6-13)25-21(29)26-16-11-15(22)17(30-3)12-18(16)31-4/h9-14H,5-8H2,1-4H3,(H,23,24,27)(H2,25,26,29)/t13-,14+. The summed E-state index contributed by atoms with van der Waals surface area (Å²) in [6.07, 6.45) is 5.30. The first-order valence-electron chi connectivity index (χ1n) is 10.2. The number of ether oxygens (including phenoxy) is 2. The first-order valence-corrected chi connectivity index (χ1v) is 10.5. The number of urea groups is 1. The van der Waals surface area contributed by atoms with Crippen molar-refractivity contribution in [3.8, 4) is 11.5 Å². The van der Waals surface area contributed by atoms with Gasteiger partial charge < -0.3 is 30.3 Å². The molecule has 1 aromatic heterocycles. The zero-order chi connectivity index (χ0) is 22.4. The molecule has 3 N–H and O–H groups in total. The number of rotatable bonds is 7. The second-order valence-electron chi connectivity index (χ2n) is 7.61. The molecule has 2 aromatic rings. The van der Waals surface area contributed by atoms with Crippen LogP contribution in [0.2, 0.25) is 5.02 Å². The van der Waals surface area contributed by atoms with Crippen LogP contribution in [0.3, 0.4) is 0 Å². The molecule has 0 saturated heterocycles. The van der Waals surface area contributed by atoms with Gasteiger partial charge in [-0.15, -0.1) is 0 Å². The van der Waals surface area contributed by atoms with Gasteiger partial charge in [-0.2, -0.15) is 4.98 Å². The highest BCUT2D eigenvalue weighted by Gasteiger charge is 2.23. The summed E-state index contributed by atoms with van der Waals surface area (Å²) in [5, 5.41) is 9.64. The molecule has 1 fully saturated rings. The van der Waals surface area contributed by atoms with E-state index in [0.29, 0.717) is 28.2 Å². The van der Waals surface area contributed by atoms with E-state index in [1.165, 1.54) is 14.2 Å². The number of methoxy groups -OCH3 is 2. The van der Waals surface area contributed by atoms with Gasteiger partial charge >= 0.3 is 6.03 Å². The summed E-state index contributed by atoms with van der Waals surface area (Å²) in [4.78, 5) is 23.3. The monoisotopic (exact) mass is 448 g/mol. The van der Waals surface area contributed by atoms with Crippen molar-refractivity contribution in [2.45, 2.75) is 37.8 Å². The molecule has 0 radical (unpaired) electrons. The van der Waals surface area contributed by atoms with Crippen LogP contribution in [0.25, 0.3) is 0 Å². The number of carbonyl (C=O) groups excluding carboxylic acids is 1. The molecule has 168 valence electrons. The topological polar surface area (TPSA) is 101 Å². The van der Waals surface area contributed by atoms with Crippen molar-refractivity contribution in [2.24, 2.45) is 0 Å². The maximum Gasteiger partial charge on any atom is 0.319 e. The Morgan fingerprint density at radius 3 is 2.42 bits per heavy atom. The third kappa shape index (κ3) is 6.04. The van der Waals surface area contributed by atoms with E-state index in [0.717, 1.165) is 31.5 Å². The maximum absolute atomic E-state index is 12.5. The van der Waals surface area contributed by atoms with Crippen molar-refractivity contribution in [3.63, 3.8) is 0 Å². The third-order valence-corrected chi connectivity index (χ3v) is 5.51. The van der Waals surface area contributed by atoms with Crippen LogP contribution in [0.4, 0.5) is 22.2 Å². The van der Waals surface area contributed by atoms with Gasteiger partial charge in [-0.3, -0.25) is 0 Å². The van der Waals surface area contributed by atoms with Gasteiger partial charge in [0.05, 0.1) is 24.9 Å². The highest BCUT2D eigenvalue weighted by Crippen LogP contribution is 2.35. The van der Waals surface area contributed by atoms with Gasteiger partial charge in [0, 0.05) is 38.4 Å². The number of anilines is 3. The van der Waals surface area contributed by atoms with Gasteiger partial charge in [-0.1, -0.05) is 11.6 Å². The fourth-order valence-corrected chi connectivity index (χ4v) is 3.77. The molecule has 3 rings (SSSR count). The highest BCUT2D eigenvalue weighted by molar-refractivity contribution is 6.32. The Bertz CT molecular complexity index is 903. The minimum Gasteiger partial charge on any atom is -0.495 e. The van der Waals surface area contributed by atoms with Crippen LogP contribution in [0, 0.1) is 0 Å². The van der Waals surface area contributed by atoms with E-state index in [9.17, 15) is 4.79 Å². The van der Waals surface area contributed by atoms with E-state index in [1.807, 2.05) is 25.1 Å². The number of hydrogen-bond donors (Lipinski definition) is 3. The molecule has 2 amide bonds. The number of nitrogens with one attached hydrogen (secondary N) is 3. The summed E-state index contributed by atoms with van der Waals surface area (Å²) < 4.78 is 10.5. The predicted octanol–water partition coefficient (Wildman–Crippen LogP) is 3.76. The van der Waals surface area contributed by atoms with Gasteiger partial charge in [-0.25, -0.2) is 9.78 Å². The molecule has 0 atom stereocenters. The number of carbonyl (C=O) groups is 1. The van der Waals surface area contributed by atoms with Gasteiger partial charge in [0.25, 0.3) is 0 Å². The third-order valence-electron chi connectivity index (χ3n) is 5.22. The smallest absolute Gasteiger partial charge is 0.319 e. The summed E-state index contributed by atoms with van der Waals surface area (Å²) in [6, 6.07) is 5.20. The number of amides is 2. The largest absolute Gasteiger partial charge is 0.495 e. The lowest BCUT2D eigenvalue weighted by atomic mass is 9.91. The molecule has 0 spiro atoms. The highest BCUT2D eigenvalue weighted by atomic mass is 35.5. The molecule has 1 aliphatic carbocycles. The first kappa shape index (κ1) is 22.7. The lowest BCUT2D eigenvalue weighted by molar-refractivity contribution is 0.243. The second kappa shape index (κ2) is 10.4. The first-order chi connectivity index (χ1) is 14.9. The Hall–Kier alpha value is -2.94. The van der Waals surface area contributed by atoms with Crippen LogP contribution in [-0.4, -0.2) is 56.4 Å². The Balaban J connectivity index is 1.50. The zero-order valence-electron chi connectivity index (χ0n) is 18.2. The molecule has 31 heavy (non-hydrogen) atoms. The Morgan fingerprint density at radius 1 is 1.10 bits per heavy atom. The average molecular weight is 449 g/mol. The van der Waals surface area contributed by atoms with Crippen molar-refractivity contribution in [1.82, 2.24) is 15.3 Å². The fraction of sp³-hybridized carbons (Fsp3) is 0.476. The minimum absolute atomic E-state index is 0.0896. The molecular weight excluding hydrogens is 420 g/mol. The summed E-state index contributed by atoms with van der Waals surface area (Å²) in [6.45, 7) is 0. The summed E-state index contributed by atoms with van der Waals surface area (Å²) in [5.41, 5.74) is 0.485. The number of aromatic nitrogens is 2. The second-order valence-corrected chi connectivity index (χ2v) is 8.02. The van der Waals surface area contributed by atoms with Gasteiger partial charge in [0.1, 0.15) is 17.3 Å². The van der Waals surface area contributed by atoms with Gasteiger partial charge in [-0.05, 0) is 37.8 Å². The van der Waals surface area contributed by atoms with E-state index < -0.39 is 0 Å². The van der Waals surface area contributed by atoms with Crippen LogP contribution < -0.4 is 30.3 Å². The number of halogens is 1. The van der Waals surface area contributed by atoms with Crippen molar-refractivity contribution >= 4 is 35.1 Å². The van der Waals surface area contributed by atoms with Crippen LogP contribution in [0.15, 0.2) is 24.4 Å². The lowest BCUT2D eigenvalue weighted by Crippen LogP contribution is -2.42. The van der Waals surface area contributed by atoms with E-state index in [4.69, 9.17) is 21.1 Å². The van der Waals surface area contributed by atoms with Crippen molar-refractivity contribution in [2.75, 3.05) is 43.8 Å². The van der Waals surface area contributed by atoms with Crippen LogP contribution in [-0.2, 0) is 0 Å². The molecule has 0 bridgehead atoms. The lowest BCUT2D eigenvalue weighted by Gasteiger charge is -2.30. The summed E-state index contributed by atoms with van der Waals surface area (Å²) in [5.74, 6) is 2.45. The Morgan fingerprint density at radius 2 is 1.77 bits per heavy atom. The quantitative estimate of drug-likeness (QED) is 0.592. The fourth-order valence-electron chi connectivity index (χ4n) is 3.53. The predicted molar refractivity (Wildman–Crippen MR) is 123 cm³/mol. The number of benzene rings is 1. The zero-order valence-corrected chi connectivity index (χ0v) is 19.0. The van der Waals surface area contributed by atoms with E-state index >= 15 is 0 Å². The van der Waals surface area contributed by atoms with E-state index in [-0.39, 0.29) is 18.1 Å². The molecule has 0 aliphatic heterocycles. The SMILES string of the molecule is COc1cc(OC)c(NC(=O)N[C@H]2CC[C@@H](Nc3nccc(N(C)C)n3)CC2)cc1Cl. The Kier molecular flexibility index (Phi) is 7.62. The molecule has 1 saturated carbocycles. The van der Waals surface area contributed by atoms with Gasteiger partial charge in [0.2, 0.25) is 5.95 Å². The molecule has 1 aliphatic rings.